The number of alkyl halides is 3. The fourth-order valence-corrected chi connectivity index (χ4v) is 1.79. The Morgan fingerprint density at radius 3 is 2.11 bits per heavy atom. The van der Waals surface area contributed by atoms with Gasteiger partial charge in [0.1, 0.15) is 5.75 Å². The van der Waals surface area contributed by atoms with Crippen LogP contribution >= 0.6 is 0 Å². The van der Waals surface area contributed by atoms with E-state index in [1.165, 1.54) is 12.1 Å². The molecule has 2 nitrogen and oxygen atoms in total. The normalized spacial score (nSPS) is 13.7. The summed E-state index contributed by atoms with van der Waals surface area (Å²) >= 11 is 0. The Hall–Kier alpha value is -1.23. The van der Waals surface area contributed by atoms with Crippen LogP contribution in [-0.4, -0.2) is 13.4 Å². The van der Waals surface area contributed by atoms with Crippen LogP contribution in [0.4, 0.5) is 13.2 Å². The van der Waals surface area contributed by atoms with E-state index in [9.17, 15) is 13.2 Å². The molecule has 0 aliphatic rings. The number of benzene rings is 1. The van der Waals surface area contributed by atoms with Crippen molar-refractivity contribution in [1.29, 1.82) is 0 Å². The van der Waals surface area contributed by atoms with Crippen molar-refractivity contribution in [2.45, 2.75) is 32.7 Å². The maximum absolute atomic E-state index is 12.0. The highest BCUT2D eigenvalue weighted by atomic mass is 19.4. The van der Waals surface area contributed by atoms with Crippen molar-refractivity contribution in [3.8, 4) is 5.75 Å². The van der Waals surface area contributed by atoms with Crippen molar-refractivity contribution in [1.82, 2.24) is 5.32 Å². The number of hydrogen-bond donors (Lipinski definition) is 1. The van der Waals surface area contributed by atoms with Gasteiger partial charge in [-0.05, 0) is 37.1 Å². The van der Waals surface area contributed by atoms with Crippen LogP contribution in [0.1, 0.15) is 31.9 Å². The second kappa shape index (κ2) is 6.09. The highest BCUT2D eigenvalue weighted by Gasteiger charge is 2.31. The first-order chi connectivity index (χ1) is 8.31. The molecule has 5 heteroatoms. The van der Waals surface area contributed by atoms with E-state index in [1.807, 2.05) is 7.05 Å². The molecule has 102 valence electrons. The highest BCUT2D eigenvalue weighted by molar-refractivity contribution is 5.29. The molecular formula is C13H18F3NO. The molecule has 1 atom stereocenters. The Morgan fingerprint density at radius 2 is 1.72 bits per heavy atom. The monoisotopic (exact) mass is 261 g/mol. The van der Waals surface area contributed by atoms with E-state index in [-0.39, 0.29) is 11.8 Å². The Bertz CT molecular complexity index is 359. The molecule has 1 aromatic rings. The maximum atomic E-state index is 12.0. The maximum Gasteiger partial charge on any atom is 0.573 e. The zero-order valence-electron chi connectivity index (χ0n) is 10.7. The summed E-state index contributed by atoms with van der Waals surface area (Å²) in [6.07, 6.45) is -3.71. The van der Waals surface area contributed by atoms with Crippen LogP contribution in [0.3, 0.4) is 0 Å². The second-order valence-corrected chi connectivity index (χ2v) is 4.59. The first-order valence-corrected chi connectivity index (χ1v) is 5.85. The lowest BCUT2D eigenvalue weighted by Gasteiger charge is -2.19. The van der Waals surface area contributed by atoms with E-state index < -0.39 is 6.36 Å². The summed E-state index contributed by atoms with van der Waals surface area (Å²) in [7, 11) is 1.84. The topological polar surface area (TPSA) is 21.3 Å². The van der Waals surface area contributed by atoms with Crippen molar-refractivity contribution < 1.29 is 17.9 Å². The third-order valence-electron chi connectivity index (χ3n) is 2.57. The van der Waals surface area contributed by atoms with Crippen LogP contribution in [0, 0.1) is 5.92 Å². The summed E-state index contributed by atoms with van der Waals surface area (Å²) in [6.45, 7) is 4.21. The lowest BCUT2D eigenvalue weighted by Crippen LogP contribution is -2.19. The Morgan fingerprint density at radius 1 is 1.17 bits per heavy atom. The fraction of sp³-hybridized carbons (Fsp3) is 0.538. The first-order valence-electron chi connectivity index (χ1n) is 5.85. The summed E-state index contributed by atoms with van der Waals surface area (Å²) in [4.78, 5) is 0. The van der Waals surface area contributed by atoms with E-state index in [2.05, 4.69) is 23.9 Å². The average molecular weight is 261 g/mol. The van der Waals surface area contributed by atoms with E-state index in [0.717, 1.165) is 12.0 Å². The molecule has 0 bridgehead atoms. The standard InChI is InChI=1S/C13H18F3NO/c1-9(2)8-12(17-3)10-4-6-11(7-5-10)18-13(14,15)16/h4-7,9,12,17H,8H2,1-3H3. The van der Waals surface area contributed by atoms with Crippen LogP contribution in [0.2, 0.25) is 0 Å². The van der Waals surface area contributed by atoms with Gasteiger partial charge in [0.25, 0.3) is 0 Å². The highest BCUT2D eigenvalue weighted by Crippen LogP contribution is 2.26. The number of ether oxygens (including phenoxy) is 1. The van der Waals surface area contributed by atoms with Crippen molar-refractivity contribution in [2.75, 3.05) is 7.05 Å². The molecule has 0 saturated heterocycles. The molecule has 0 spiro atoms. The van der Waals surface area contributed by atoms with Crippen LogP contribution in [0.5, 0.6) is 5.75 Å². The van der Waals surface area contributed by atoms with Gasteiger partial charge in [-0.15, -0.1) is 13.2 Å². The van der Waals surface area contributed by atoms with Gasteiger partial charge < -0.3 is 10.1 Å². The lowest BCUT2D eigenvalue weighted by molar-refractivity contribution is -0.274. The molecule has 1 N–H and O–H groups in total. The van der Waals surface area contributed by atoms with Gasteiger partial charge in [-0.2, -0.15) is 0 Å². The van der Waals surface area contributed by atoms with E-state index in [0.29, 0.717) is 5.92 Å². The molecular weight excluding hydrogens is 243 g/mol. The summed E-state index contributed by atoms with van der Waals surface area (Å²) in [6, 6.07) is 6.14. The van der Waals surface area contributed by atoms with E-state index in [1.54, 1.807) is 12.1 Å². The van der Waals surface area contributed by atoms with Crippen molar-refractivity contribution >= 4 is 0 Å². The summed E-state index contributed by atoms with van der Waals surface area (Å²) in [5.74, 6) is 0.319. The van der Waals surface area contributed by atoms with Gasteiger partial charge in [-0.3, -0.25) is 0 Å². The number of hydrogen-bond acceptors (Lipinski definition) is 2. The summed E-state index contributed by atoms with van der Waals surface area (Å²) in [5.41, 5.74) is 0.959. The molecule has 18 heavy (non-hydrogen) atoms. The Balaban J connectivity index is 2.74. The van der Waals surface area contributed by atoms with Gasteiger partial charge >= 0.3 is 6.36 Å². The average Bonchev–Trinajstić information content (AvgIpc) is 2.24. The predicted octanol–water partition coefficient (Wildman–Crippen LogP) is 3.89. The van der Waals surface area contributed by atoms with Crippen molar-refractivity contribution in [2.24, 2.45) is 5.92 Å². The van der Waals surface area contributed by atoms with Gasteiger partial charge in [0, 0.05) is 6.04 Å². The van der Waals surface area contributed by atoms with Gasteiger partial charge in [0.05, 0.1) is 0 Å². The third-order valence-corrected chi connectivity index (χ3v) is 2.57. The molecule has 1 unspecified atom stereocenters. The van der Waals surface area contributed by atoms with E-state index >= 15 is 0 Å². The second-order valence-electron chi connectivity index (χ2n) is 4.59. The summed E-state index contributed by atoms with van der Waals surface area (Å²) < 4.78 is 39.8. The fourth-order valence-electron chi connectivity index (χ4n) is 1.79. The molecule has 0 heterocycles. The Kier molecular flexibility index (Phi) is 5.02. The minimum Gasteiger partial charge on any atom is -0.406 e. The number of nitrogens with one attached hydrogen (secondary N) is 1. The summed E-state index contributed by atoms with van der Waals surface area (Å²) in [5, 5.41) is 3.15. The smallest absolute Gasteiger partial charge is 0.406 e. The Labute approximate surface area is 105 Å². The van der Waals surface area contributed by atoms with Crippen molar-refractivity contribution in [3.05, 3.63) is 29.8 Å². The number of halogens is 3. The minimum atomic E-state index is -4.64. The van der Waals surface area contributed by atoms with Crippen LogP contribution < -0.4 is 10.1 Å². The molecule has 1 aromatic carbocycles. The molecule has 0 saturated carbocycles. The molecule has 0 fully saturated rings. The van der Waals surface area contributed by atoms with Crippen LogP contribution in [0.15, 0.2) is 24.3 Å². The largest absolute Gasteiger partial charge is 0.573 e. The third kappa shape index (κ3) is 4.96. The number of rotatable bonds is 5. The molecule has 0 aromatic heterocycles. The first kappa shape index (κ1) is 14.8. The SMILES string of the molecule is CNC(CC(C)C)c1ccc(OC(F)(F)F)cc1. The molecule has 1 rings (SSSR count). The van der Waals surface area contributed by atoms with Gasteiger partial charge in [-0.25, -0.2) is 0 Å². The van der Waals surface area contributed by atoms with Gasteiger partial charge in [-0.1, -0.05) is 26.0 Å². The van der Waals surface area contributed by atoms with Gasteiger partial charge in [0.15, 0.2) is 0 Å². The molecule has 0 aliphatic carbocycles. The van der Waals surface area contributed by atoms with E-state index in [4.69, 9.17) is 0 Å². The lowest BCUT2D eigenvalue weighted by atomic mass is 9.97. The minimum absolute atomic E-state index is 0.143. The quantitative estimate of drug-likeness (QED) is 0.868. The molecule has 0 aliphatic heterocycles. The molecule has 0 amide bonds. The van der Waals surface area contributed by atoms with Crippen molar-refractivity contribution in [3.63, 3.8) is 0 Å². The predicted molar refractivity (Wildman–Crippen MR) is 64.4 cm³/mol. The van der Waals surface area contributed by atoms with Crippen LogP contribution in [0.25, 0.3) is 0 Å². The zero-order valence-corrected chi connectivity index (χ0v) is 10.7. The van der Waals surface area contributed by atoms with Gasteiger partial charge in [0.2, 0.25) is 0 Å². The van der Waals surface area contributed by atoms with Crippen LogP contribution in [-0.2, 0) is 0 Å². The zero-order chi connectivity index (χ0) is 13.8. The molecule has 0 radical (unpaired) electrons.